The molecule has 3 aliphatic heterocycles. The maximum absolute atomic E-state index is 13.9. The Balaban J connectivity index is 1.33. The molecule has 9 heteroatoms. The van der Waals surface area contributed by atoms with Gasteiger partial charge in [-0.1, -0.05) is 18.2 Å². The van der Waals surface area contributed by atoms with E-state index in [2.05, 4.69) is 5.32 Å². The molecule has 0 unspecified atom stereocenters. The van der Waals surface area contributed by atoms with Gasteiger partial charge in [0.05, 0.1) is 31.0 Å². The fraction of sp³-hybridized carbons (Fsp3) is 0.333. The van der Waals surface area contributed by atoms with Gasteiger partial charge in [0.2, 0.25) is 11.8 Å². The summed E-state index contributed by atoms with van der Waals surface area (Å²) in [7, 11) is 0. The number of nitrogens with zero attached hydrogens (tertiary/aromatic N) is 1. The van der Waals surface area contributed by atoms with E-state index in [0.29, 0.717) is 25.2 Å². The zero-order valence-electron chi connectivity index (χ0n) is 15.6. The highest BCUT2D eigenvalue weighted by Gasteiger charge is 2.66. The molecule has 4 atom stereocenters. The van der Waals surface area contributed by atoms with E-state index in [1.54, 1.807) is 22.3 Å². The number of ether oxygens (including phenoxy) is 1. The molecule has 1 aromatic carbocycles. The number of halogens is 3. The summed E-state index contributed by atoms with van der Waals surface area (Å²) in [6.07, 6.45) is 3.05. The first-order valence-corrected chi connectivity index (χ1v) is 10.4. The number of amides is 2. The van der Waals surface area contributed by atoms with Crippen LogP contribution in [-0.4, -0.2) is 35.0 Å². The number of nitrogens with one attached hydrogen (secondary N) is 1. The molecular weight excluding hydrogens is 417 g/mol. The number of hydrogen-bond acceptors (Lipinski definition) is 4. The summed E-state index contributed by atoms with van der Waals surface area (Å²) in [5.74, 6) is -5.35. The number of carbonyl (C=O) groups excluding carboxylic acids is 2. The summed E-state index contributed by atoms with van der Waals surface area (Å²) in [6.45, 7) is 0.347. The zero-order chi connectivity index (χ0) is 21.0. The van der Waals surface area contributed by atoms with Crippen molar-refractivity contribution >= 4 is 23.2 Å². The molecule has 156 valence electrons. The van der Waals surface area contributed by atoms with E-state index in [1.165, 1.54) is 0 Å². The van der Waals surface area contributed by atoms with Crippen molar-refractivity contribution in [2.45, 2.75) is 24.8 Å². The Morgan fingerprint density at radius 3 is 2.77 bits per heavy atom. The monoisotopic (exact) mass is 434 g/mol. The van der Waals surface area contributed by atoms with Crippen LogP contribution in [0.3, 0.4) is 0 Å². The number of carbonyl (C=O) groups is 2. The Morgan fingerprint density at radius 2 is 2.07 bits per heavy atom. The molecule has 2 saturated heterocycles. The summed E-state index contributed by atoms with van der Waals surface area (Å²) >= 11 is 1.54. The highest BCUT2D eigenvalue weighted by atomic mass is 32.1. The highest BCUT2D eigenvalue weighted by molar-refractivity contribution is 7.09. The summed E-state index contributed by atoms with van der Waals surface area (Å²) < 4.78 is 46.8. The molecular formula is C21H17F3N2O3S. The summed E-state index contributed by atoms with van der Waals surface area (Å²) in [4.78, 5) is 28.7. The van der Waals surface area contributed by atoms with Gasteiger partial charge in [-0.3, -0.25) is 9.59 Å². The molecule has 1 N–H and O–H groups in total. The summed E-state index contributed by atoms with van der Waals surface area (Å²) in [5.41, 5.74) is -1.29. The van der Waals surface area contributed by atoms with Crippen LogP contribution in [0.4, 0.5) is 13.2 Å². The van der Waals surface area contributed by atoms with Gasteiger partial charge in [0.1, 0.15) is 23.1 Å². The molecule has 1 aromatic heterocycles. The van der Waals surface area contributed by atoms with Crippen LogP contribution in [0.5, 0.6) is 0 Å². The molecule has 2 fully saturated rings. The van der Waals surface area contributed by atoms with Crippen molar-refractivity contribution in [3.8, 4) is 0 Å². The first-order valence-electron chi connectivity index (χ1n) is 9.47. The lowest BCUT2D eigenvalue weighted by Crippen LogP contribution is -2.44. The normalized spacial score (nSPS) is 29.0. The van der Waals surface area contributed by atoms with Crippen molar-refractivity contribution < 1.29 is 27.5 Å². The van der Waals surface area contributed by atoms with Crippen molar-refractivity contribution in [3.63, 3.8) is 0 Å². The SMILES string of the molecule is O=C(NCc1c(F)cc(F)cc1F)[C@@H]1[C@@H]2C=C[C@@]3(CN(Cc4cccs4)C(=O)[C@H]13)O2. The van der Waals surface area contributed by atoms with Gasteiger partial charge in [0.25, 0.3) is 0 Å². The fourth-order valence-corrected chi connectivity index (χ4v) is 5.36. The van der Waals surface area contributed by atoms with E-state index >= 15 is 0 Å². The molecule has 3 aliphatic rings. The maximum atomic E-state index is 13.9. The average Bonchev–Trinajstić information content (AvgIpc) is 3.44. The molecule has 0 saturated carbocycles. The van der Waals surface area contributed by atoms with Crippen LogP contribution in [0.2, 0.25) is 0 Å². The second-order valence-electron chi connectivity index (χ2n) is 7.74. The molecule has 2 bridgehead atoms. The van der Waals surface area contributed by atoms with E-state index < -0.39 is 59.0 Å². The van der Waals surface area contributed by atoms with E-state index in [1.807, 2.05) is 23.6 Å². The molecule has 5 nitrogen and oxygen atoms in total. The minimum absolute atomic E-state index is 0.172. The van der Waals surface area contributed by atoms with E-state index in [9.17, 15) is 22.8 Å². The Morgan fingerprint density at radius 1 is 1.30 bits per heavy atom. The van der Waals surface area contributed by atoms with Gasteiger partial charge >= 0.3 is 0 Å². The molecule has 2 aromatic rings. The van der Waals surface area contributed by atoms with E-state index in [-0.39, 0.29) is 5.91 Å². The number of hydrogen-bond donors (Lipinski definition) is 1. The van der Waals surface area contributed by atoms with Gasteiger partial charge in [0.15, 0.2) is 0 Å². The van der Waals surface area contributed by atoms with E-state index in [4.69, 9.17) is 4.74 Å². The van der Waals surface area contributed by atoms with Crippen LogP contribution in [0.1, 0.15) is 10.4 Å². The van der Waals surface area contributed by atoms with Crippen molar-refractivity contribution in [2.24, 2.45) is 11.8 Å². The van der Waals surface area contributed by atoms with Gasteiger partial charge in [-0.25, -0.2) is 13.2 Å². The Kier molecular flexibility index (Phi) is 4.48. The van der Waals surface area contributed by atoms with Crippen molar-refractivity contribution in [2.75, 3.05) is 6.54 Å². The molecule has 30 heavy (non-hydrogen) atoms. The first-order chi connectivity index (χ1) is 14.4. The van der Waals surface area contributed by atoms with Gasteiger partial charge in [-0.05, 0) is 11.4 Å². The molecule has 1 spiro atoms. The van der Waals surface area contributed by atoms with Crippen molar-refractivity contribution in [3.05, 3.63) is 69.7 Å². The third-order valence-corrected chi connectivity index (χ3v) is 6.81. The quantitative estimate of drug-likeness (QED) is 0.737. The molecule has 2 amide bonds. The van der Waals surface area contributed by atoms with Crippen LogP contribution >= 0.6 is 11.3 Å². The van der Waals surface area contributed by atoms with Crippen LogP contribution < -0.4 is 5.32 Å². The standard InChI is InChI=1S/C21H17F3N2O3S/c22-11-6-14(23)13(15(24)7-11)8-25-19(27)17-16-3-4-21(29-16)10-26(20(28)18(17)21)9-12-2-1-5-30-12/h1-7,16-18H,8-10H2,(H,25,27)/t16-,17+,18-,21-/m0/s1. The van der Waals surface area contributed by atoms with Gasteiger partial charge < -0.3 is 15.0 Å². The second kappa shape index (κ2) is 6.95. The molecule has 4 heterocycles. The topological polar surface area (TPSA) is 58.6 Å². The fourth-order valence-electron chi connectivity index (χ4n) is 4.64. The number of benzene rings is 1. The van der Waals surface area contributed by atoms with Crippen LogP contribution in [-0.2, 0) is 27.4 Å². The molecule has 0 aliphatic carbocycles. The third-order valence-electron chi connectivity index (χ3n) is 5.95. The van der Waals surface area contributed by atoms with Gasteiger partial charge in [0, 0.05) is 29.1 Å². The van der Waals surface area contributed by atoms with Gasteiger partial charge in [-0.15, -0.1) is 11.3 Å². The predicted molar refractivity (Wildman–Crippen MR) is 102 cm³/mol. The van der Waals surface area contributed by atoms with Crippen LogP contribution in [0.15, 0.2) is 41.8 Å². The minimum atomic E-state index is -1.08. The highest BCUT2D eigenvalue weighted by Crippen LogP contribution is 2.52. The average molecular weight is 434 g/mol. The number of likely N-dealkylation sites (tertiary alicyclic amines) is 1. The zero-order valence-corrected chi connectivity index (χ0v) is 16.4. The third kappa shape index (κ3) is 2.95. The minimum Gasteiger partial charge on any atom is -0.360 e. The first kappa shape index (κ1) is 19.3. The number of rotatable bonds is 5. The van der Waals surface area contributed by atoms with Crippen LogP contribution in [0.25, 0.3) is 0 Å². The number of thiophene rings is 1. The molecule has 5 rings (SSSR count). The van der Waals surface area contributed by atoms with Gasteiger partial charge in [-0.2, -0.15) is 0 Å². The number of fused-ring (bicyclic) bond motifs is 1. The van der Waals surface area contributed by atoms with E-state index in [0.717, 1.165) is 4.88 Å². The predicted octanol–water partition coefficient (Wildman–Crippen LogP) is 2.76. The summed E-state index contributed by atoms with van der Waals surface area (Å²) in [5, 5.41) is 4.42. The maximum Gasteiger partial charge on any atom is 0.230 e. The van der Waals surface area contributed by atoms with Crippen molar-refractivity contribution in [1.29, 1.82) is 0 Å². The Labute approximate surface area is 174 Å². The second-order valence-corrected chi connectivity index (χ2v) is 8.77. The lowest BCUT2D eigenvalue weighted by molar-refractivity contribution is -0.137. The largest absolute Gasteiger partial charge is 0.360 e. The Bertz CT molecular complexity index is 1030. The van der Waals surface area contributed by atoms with Crippen LogP contribution in [0, 0.1) is 29.3 Å². The lowest BCUT2D eigenvalue weighted by atomic mass is 9.77. The smallest absolute Gasteiger partial charge is 0.230 e. The Hall–Kier alpha value is -2.65. The lowest BCUT2D eigenvalue weighted by Gasteiger charge is -2.23. The van der Waals surface area contributed by atoms with Crippen molar-refractivity contribution in [1.82, 2.24) is 10.2 Å². The summed E-state index contributed by atoms with van der Waals surface area (Å²) in [6, 6.07) is 4.97. The molecule has 0 radical (unpaired) electrons.